The highest BCUT2D eigenvalue weighted by molar-refractivity contribution is 5.91. The number of rotatable bonds is 2. The van der Waals surface area contributed by atoms with E-state index in [2.05, 4.69) is 14.8 Å². The number of ether oxygens (including phenoxy) is 1. The van der Waals surface area contributed by atoms with Gasteiger partial charge in [0.2, 0.25) is 0 Å². The van der Waals surface area contributed by atoms with Crippen molar-refractivity contribution in [2.24, 2.45) is 0 Å². The number of hydrogen-bond acceptors (Lipinski definition) is 4. The zero-order valence-electron chi connectivity index (χ0n) is 9.68. The van der Waals surface area contributed by atoms with Crippen LogP contribution in [0.5, 0.6) is 0 Å². The minimum Gasteiger partial charge on any atom is -0.465 e. The maximum atomic E-state index is 12.9. The Bertz CT molecular complexity index is 594. The number of nitrogens with zero attached hydrogens (tertiary/aromatic N) is 3. The molecule has 0 bridgehead atoms. The van der Waals surface area contributed by atoms with Crippen LogP contribution in [0, 0.1) is 0 Å². The fourth-order valence-corrected chi connectivity index (χ4v) is 1.48. The lowest BCUT2D eigenvalue weighted by Crippen LogP contribution is -2.16. The highest BCUT2D eigenvalue weighted by Gasteiger charge is 2.36. The van der Waals surface area contributed by atoms with E-state index in [1.807, 2.05) is 0 Å². The molecule has 2 rings (SSSR count). The highest BCUT2D eigenvalue weighted by atomic mass is 19.4. The summed E-state index contributed by atoms with van der Waals surface area (Å²) in [5, 5.41) is 3.77. The van der Waals surface area contributed by atoms with Crippen molar-refractivity contribution in [1.29, 1.82) is 0 Å². The third-order valence-corrected chi connectivity index (χ3v) is 2.34. The minimum absolute atomic E-state index is 0.0371. The van der Waals surface area contributed by atoms with Crippen LogP contribution < -0.4 is 0 Å². The van der Waals surface area contributed by atoms with Crippen LogP contribution in [-0.2, 0) is 10.9 Å². The second-order valence-corrected chi connectivity index (χ2v) is 3.53. The van der Waals surface area contributed by atoms with Crippen LogP contribution in [0.1, 0.15) is 15.9 Å². The molecule has 0 spiro atoms. The smallest absolute Gasteiger partial charge is 0.417 e. The van der Waals surface area contributed by atoms with Gasteiger partial charge in [-0.3, -0.25) is 0 Å². The first-order valence-electron chi connectivity index (χ1n) is 5.09. The molecule has 0 fully saturated rings. The Kier molecular flexibility index (Phi) is 3.24. The molecule has 0 aliphatic rings. The number of halogens is 3. The molecule has 0 aromatic carbocycles. The van der Waals surface area contributed by atoms with E-state index in [0.29, 0.717) is 0 Å². The van der Waals surface area contributed by atoms with Gasteiger partial charge >= 0.3 is 12.1 Å². The molecule has 0 unspecified atom stereocenters. The van der Waals surface area contributed by atoms with Crippen LogP contribution in [0.25, 0.3) is 5.82 Å². The van der Waals surface area contributed by atoms with Gasteiger partial charge in [-0.2, -0.15) is 18.3 Å². The Hall–Kier alpha value is -2.38. The summed E-state index contributed by atoms with van der Waals surface area (Å²) in [5.74, 6) is -1.13. The van der Waals surface area contributed by atoms with E-state index in [0.717, 1.165) is 24.1 Å². The third-order valence-electron chi connectivity index (χ3n) is 2.34. The number of alkyl halides is 3. The molecular weight excluding hydrogens is 263 g/mol. The highest BCUT2D eigenvalue weighted by Crippen LogP contribution is 2.32. The molecule has 0 aliphatic carbocycles. The SMILES string of the molecule is COC(=O)c1cnc(-n2cccn2)cc1C(F)(F)F. The summed E-state index contributed by atoms with van der Waals surface area (Å²) in [7, 11) is 1.00. The van der Waals surface area contributed by atoms with Crippen molar-refractivity contribution >= 4 is 5.97 Å². The Morgan fingerprint density at radius 3 is 2.68 bits per heavy atom. The molecule has 19 heavy (non-hydrogen) atoms. The molecule has 0 saturated carbocycles. The first-order valence-corrected chi connectivity index (χ1v) is 5.09. The van der Waals surface area contributed by atoms with Crippen LogP contribution in [0.4, 0.5) is 13.2 Å². The van der Waals surface area contributed by atoms with Crippen molar-refractivity contribution in [3.05, 3.63) is 41.9 Å². The Balaban J connectivity index is 2.57. The van der Waals surface area contributed by atoms with Gasteiger partial charge in [-0.25, -0.2) is 14.5 Å². The summed E-state index contributed by atoms with van der Waals surface area (Å²) in [6.07, 6.45) is -1.01. The lowest BCUT2D eigenvalue weighted by Gasteiger charge is -2.12. The van der Waals surface area contributed by atoms with Crippen molar-refractivity contribution in [3.63, 3.8) is 0 Å². The van der Waals surface area contributed by atoms with Gasteiger partial charge in [0.05, 0.1) is 18.2 Å². The molecule has 0 N–H and O–H groups in total. The Morgan fingerprint density at radius 2 is 2.16 bits per heavy atom. The Labute approximate surface area is 105 Å². The largest absolute Gasteiger partial charge is 0.465 e. The van der Waals surface area contributed by atoms with Crippen molar-refractivity contribution < 1.29 is 22.7 Å². The van der Waals surface area contributed by atoms with E-state index in [1.54, 1.807) is 6.07 Å². The van der Waals surface area contributed by atoms with Crippen LogP contribution in [-0.4, -0.2) is 27.8 Å². The van der Waals surface area contributed by atoms with E-state index in [9.17, 15) is 18.0 Å². The van der Waals surface area contributed by atoms with E-state index in [-0.39, 0.29) is 5.82 Å². The molecule has 2 aromatic rings. The molecule has 0 radical (unpaired) electrons. The monoisotopic (exact) mass is 271 g/mol. The summed E-state index contributed by atoms with van der Waals surface area (Å²) in [6.45, 7) is 0. The number of hydrogen-bond donors (Lipinski definition) is 0. The van der Waals surface area contributed by atoms with Crippen molar-refractivity contribution in [1.82, 2.24) is 14.8 Å². The maximum Gasteiger partial charge on any atom is 0.417 e. The van der Waals surface area contributed by atoms with Crippen LogP contribution >= 0.6 is 0 Å². The minimum atomic E-state index is -4.69. The molecule has 0 saturated heterocycles. The number of methoxy groups -OCH3 is 1. The third kappa shape index (κ3) is 2.56. The van der Waals surface area contributed by atoms with Crippen LogP contribution in [0.3, 0.4) is 0 Å². The van der Waals surface area contributed by atoms with Crippen LogP contribution in [0.15, 0.2) is 30.7 Å². The van der Waals surface area contributed by atoms with E-state index < -0.39 is 23.3 Å². The predicted octanol–water partition coefficient (Wildman–Crippen LogP) is 2.07. The van der Waals surface area contributed by atoms with Gasteiger partial charge in [0.15, 0.2) is 5.82 Å². The lowest BCUT2D eigenvalue weighted by molar-refractivity contribution is -0.138. The predicted molar refractivity (Wildman–Crippen MR) is 57.7 cm³/mol. The molecule has 2 heterocycles. The number of pyridine rings is 1. The van der Waals surface area contributed by atoms with Crippen LogP contribution in [0.2, 0.25) is 0 Å². The van der Waals surface area contributed by atoms with Gasteiger partial charge in [0.25, 0.3) is 0 Å². The van der Waals surface area contributed by atoms with Crippen molar-refractivity contribution in [2.75, 3.05) is 7.11 Å². The summed E-state index contributed by atoms with van der Waals surface area (Å²) >= 11 is 0. The summed E-state index contributed by atoms with van der Waals surface area (Å²) in [4.78, 5) is 15.1. The molecular formula is C11H8F3N3O2. The van der Waals surface area contributed by atoms with Gasteiger partial charge in [-0.1, -0.05) is 0 Å². The molecule has 5 nitrogen and oxygen atoms in total. The van der Waals surface area contributed by atoms with E-state index in [4.69, 9.17) is 0 Å². The van der Waals surface area contributed by atoms with Crippen molar-refractivity contribution in [2.45, 2.75) is 6.18 Å². The first kappa shape index (κ1) is 13.1. The topological polar surface area (TPSA) is 57.0 Å². The van der Waals surface area contributed by atoms with Gasteiger partial charge in [0.1, 0.15) is 0 Å². The quantitative estimate of drug-likeness (QED) is 0.785. The lowest BCUT2D eigenvalue weighted by atomic mass is 10.1. The summed E-state index contributed by atoms with van der Waals surface area (Å²) in [5.41, 5.74) is -1.74. The molecule has 8 heteroatoms. The molecule has 0 aliphatic heterocycles. The fourth-order valence-electron chi connectivity index (χ4n) is 1.48. The molecule has 100 valence electrons. The number of carbonyl (C=O) groups excluding carboxylic acids is 1. The van der Waals surface area contributed by atoms with Gasteiger partial charge in [0, 0.05) is 18.6 Å². The van der Waals surface area contributed by atoms with E-state index in [1.165, 1.54) is 12.4 Å². The first-order chi connectivity index (χ1) is 8.93. The van der Waals surface area contributed by atoms with Crippen molar-refractivity contribution in [3.8, 4) is 5.82 Å². The molecule has 0 amide bonds. The molecule has 0 atom stereocenters. The fraction of sp³-hybridized carbons (Fsp3) is 0.182. The average molecular weight is 271 g/mol. The normalized spacial score (nSPS) is 11.4. The summed E-state index contributed by atoms with van der Waals surface area (Å²) < 4.78 is 44.2. The van der Waals surface area contributed by atoms with Gasteiger partial charge < -0.3 is 4.74 Å². The average Bonchev–Trinajstić information content (AvgIpc) is 2.90. The molecule has 2 aromatic heterocycles. The standard InChI is InChI=1S/C11H8F3N3O2/c1-19-10(18)7-6-15-9(17-4-2-3-16-17)5-8(7)11(12,13)14/h2-6H,1H3. The number of esters is 1. The zero-order chi connectivity index (χ0) is 14.0. The number of aromatic nitrogens is 3. The Morgan fingerprint density at radius 1 is 1.42 bits per heavy atom. The number of carbonyl (C=O) groups is 1. The van der Waals surface area contributed by atoms with E-state index >= 15 is 0 Å². The van der Waals surface area contributed by atoms with Gasteiger partial charge in [-0.05, 0) is 12.1 Å². The summed E-state index contributed by atoms with van der Waals surface area (Å²) in [6, 6.07) is 2.29. The second kappa shape index (κ2) is 4.71. The van der Waals surface area contributed by atoms with Gasteiger partial charge in [-0.15, -0.1) is 0 Å². The zero-order valence-corrected chi connectivity index (χ0v) is 9.68. The second-order valence-electron chi connectivity index (χ2n) is 3.53. The maximum absolute atomic E-state index is 12.9.